The zero-order valence-electron chi connectivity index (χ0n) is 43.2. The van der Waals surface area contributed by atoms with Crippen LogP contribution in [0, 0.1) is 28.7 Å². The molecule has 2 fully saturated rings. The SMILES string of the molecule is C=CC(=O)N[C@H]1CCOC[C@H]1Nc1ncc2cc(-c3c(F)c(OC)cc(OC)c3F)nc(NC(C)C(C)(C)CCOc3cc(OC)c(F)c(-c4cc5cnc(N[C@@H]6COCC[C@@H]6NC(C)=O)nc5c(OC)n4)c3F)c2n1. The zero-order chi connectivity index (χ0) is 54.4. The van der Waals surface area contributed by atoms with Gasteiger partial charge in [0.15, 0.2) is 52.1 Å². The number of ether oxygens (including phenoxy) is 7. The lowest BCUT2D eigenvalue weighted by atomic mass is 9.82. The first kappa shape index (κ1) is 54.4. The highest BCUT2D eigenvalue weighted by Crippen LogP contribution is 2.42. The Hall–Kier alpha value is -7.86. The molecule has 6 aromatic rings. The number of fused-ring (bicyclic) bond motifs is 2. The Labute approximate surface area is 435 Å². The summed E-state index contributed by atoms with van der Waals surface area (Å²) in [5.74, 6) is -5.43. The van der Waals surface area contributed by atoms with Gasteiger partial charge in [-0.1, -0.05) is 20.4 Å². The van der Waals surface area contributed by atoms with Crippen molar-refractivity contribution in [3.05, 3.63) is 72.6 Å². The third-order valence-corrected chi connectivity index (χ3v) is 13.5. The molecule has 6 heterocycles. The first-order chi connectivity index (χ1) is 36.5. The van der Waals surface area contributed by atoms with Crippen LogP contribution in [-0.4, -0.2) is 133 Å². The minimum absolute atomic E-state index is 0.0458. The number of rotatable bonds is 20. The van der Waals surface area contributed by atoms with Crippen molar-refractivity contribution in [3.63, 3.8) is 0 Å². The van der Waals surface area contributed by atoms with Crippen LogP contribution in [0.1, 0.15) is 47.0 Å². The van der Waals surface area contributed by atoms with E-state index in [1.807, 2.05) is 20.8 Å². The van der Waals surface area contributed by atoms with Gasteiger partial charge in [-0.25, -0.2) is 47.5 Å². The van der Waals surface area contributed by atoms with E-state index in [1.54, 1.807) is 0 Å². The van der Waals surface area contributed by atoms with Crippen molar-refractivity contribution in [3.8, 4) is 51.4 Å². The number of halogens is 4. The average Bonchev–Trinajstić information content (AvgIpc) is 3.40. The number of nitrogens with zero attached hydrogens (tertiary/aromatic N) is 6. The number of anilines is 3. The van der Waals surface area contributed by atoms with Crippen LogP contribution >= 0.6 is 0 Å². The number of carbonyl (C=O) groups excluding carboxylic acids is 2. The van der Waals surface area contributed by atoms with E-state index in [0.29, 0.717) is 43.4 Å². The highest BCUT2D eigenvalue weighted by molar-refractivity contribution is 5.92. The molecule has 5 atom stereocenters. The Morgan fingerprint density at radius 1 is 0.711 bits per heavy atom. The van der Waals surface area contributed by atoms with E-state index in [2.05, 4.69) is 53.1 Å². The highest BCUT2D eigenvalue weighted by atomic mass is 19.1. The molecule has 404 valence electrons. The molecule has 76 heavy (non-hydrogen) atoms. The molecule has 2 amide bonds. The molecule has 2 saturated heterocycles. The fourth-order valence-electron chi connectivity index (χ4n) is 8.85. The molecule has 5 N–H and O–H groups in total. The second-order valence-corrected chi connectivity index (χ2v) is 18.8. The van der Waals surface area contributed by atoms with E-state index >= 15 is 17.6 Å². The fraction of sp³-hybridized carbons (Fsp3) is 0.423. The molecular weight excluding hydrogens is 999 g/mol. The van der Waals surface area contributed by atoms with Crippen molar-refractivity contribution in [1.82, 2.24) is 40.5 Å². The van der Waals surface area contributed by atoms with Crippen LogP contribution in [-0.2, 0) is 19.1 Å². The van der Waals surface area contributed by atoms with Gasteiger partial charge in [0.25, 0.3) is 0 Å². The number of nitrogens with one attached hydrogen (secondary N) is 5. The molecule has 24 heteroatoms. The normalized spacial score (nSPS) is 18.1. The summed E-state index contributed by atoms with van der Waals surface area (Å²) in [6.45, 7) is 12.0. The first-order valence-corrected chi connectivity index (χ1v) is 24.3. The summed E-state index contributed by atoms with van der Waals surface area (Å²) in [6, 6.07) is 3.21. The van der Waals surface area contributed by atoms with Gasteiger partial charge >= 0.3 is 0 Å². The van der Waals surface area contributed by atoms with E-state index < -0.39 is 51.9 Å². The van der Waals surface area contributed by atoms with Crippen LogP contribution in [0.25, 0.3) is 44.3 Å². The molecule has 2 aromatic carbocycles. The van der Waals surface area contributed by atoms with Crippen LogP contribution in [0.15, 0.2) is 49.3 Å². The van der Waals surface area contributed by atoms with Crippen LogP contribution in [0.5, 0.6) is 28.9 Å². The summed E-state index contributed by atoms with van der Waals surface area (Å²) in [4.78, 5) is 51.6. The highest BCUT2D eigenvalue weighted by Gasteiger charge is 2.33. The molecule has 20 nitrogen and oxygen atoms in total. The van der Waals surface area contributed by atoms with Gasteiger partial charge in [0.05, 0.1) is 94.9 Å². The molecule has 8 rings (SSSR count). The van der Waals surface area contributed by atoms with Gasteiger partial charge < -0.3 is 59.7 Å². The van der Waals surface area contributed by atoms with Crippen molar-refractivity contribution in [2.24, 2.45) is 5.41 Å². The molecule has 0 saturated carbocycles. The standard InChI is InChI=1S/C52H59F4N11O9/c1-10-39(69)61-30-12-15-75-24-34(30)65-50-57-21-27-17-31(40-42(53)35(70-6)19-36(71-7)43(40)54)62-48(46(27)66-50)59-25(2)52(4,5)13-16-76-38-20-37(72-8)44(55)41(45(38)56)32-18-28-22-58-51(67-47(28)49(63-32)73-9)64-33-23-74-14-11-29(33)60-26(3)68/h10,17-22,25,29-30,33-34H,1,11-16,23-24H2,2-9H3,(H,59,62)(H,60,68)(H,61,69)(H,57,65,66)(H,58,64,67)/t25?,29-,30-,33+,34+/m0/s1. The zero-order valence-corrected chi connectivity index (χ0v) is 43.2. The summed E-state index contributed by atoms with van der Waals surface area (Å²) in [7, 11) is 5.07. The van der Waals surface area contributed by atoms with Crippen molar-refractivity contribution in [2.75, 3.05) is 77.4 Å². The third kappa shape index (κ3) is 11.7. The van der Waals surface area contributed by atoms with Crippen LogP contribution in [0.2, 0.25) is 0 Å². The maximum atomic E-state index is 16.7. The number of carbonyl (C=O) groups is 2. The number of benzene rings is 2. The lowest BCUT2D eigenvalue weighted by molar-refractivity contribution is -0.120. The van der Waals surface area contributed by atoms with E-state index in [9.17, 15) is 9.59 Å². The summed E-state index contributed by atoms with van der Waals surface area (Å²) in [5.41, 5.74) is -1.52. The average molecular weight is 1060 g/mol. The molecule has 2 aliphatic heterocycles. The monoisotopic (exact) mass is 1060 g/mol. The molecule has 0 bridgehead atoms. The summed E-state index contributed by atoms with van der Waals surface area (Å²) in [6.07, 6.45) is 5.47. The largest absolute Gasteiger partial charge is 0.494 e. The van der Waals surface area contributed by atoms with E-state index in [-0.39, 0.29) is 119 Å². The minimum Gasteiger partial charge on any atom is -0.494 e. The van der Waals surface area contributed by atoms with E-state index in [0.717, 1.165) is 12.1 Å². The minimum atomic E-state index is -1.06. The van der Waals surface area contributed by atoms with Crippen LogP contribution in [0.3, 0.4) is 0 Å². The van der Waals surface area contributed by atoms with Crippen LogP contribution in [0.4, 0.5) is 35.3 Å². The third-order valence-electron chi connectivity index (χ3n) is 13.5. The van der Waals surface area contributed by atoms with Crippen molar-refractivity contribution >= 4 is 51.3 Å². The predicted molar refractivity (Wildman–Crippen MR) is 274 cm³/mol. The van der Waals surface area contributed by atoms with Crippen molar-refractivity contribution in [2.45, 2.75) is 77.2 Å². The van der Waals surface area contributed by atoms with Gasteiger partial charge in [-0.05, 0) is 49.8 Å². The molecule has 1 unspecified atom stereocenters. The van der Waals surface area contributed by atoms with Crippen molar-refractivity contribution < 1.29 is 60.3 Å². The number of amides is 2. The molecule has 0 spiro atoms. The number of methoxy groups -OCH3 is 4. The smallest absolute Gasteiger partial charge is 0.243 e. The van der Waals surface area contributed by atoms with Gasteiger partial charge in [-0.15, -0.1) is 0 Å². The molecular formula is C52H59F4N11O9. The van der Waals surface area contributed by atoms with E-state index in [4.69, 9.17) is 43.1 Å². The Bertz CT molecular complexity index is 3130. The topological polar surface area (TPSA) is 236 Å². The van der Waals surface area contributed by atoms with E-state index in [1.165, 1.54) is 66.0 Å². The maximum absolute atomic E-state index is 16.7. The maximum Gasteiger partial charge on any atom is 0.243 e. The van der Waals surface area contributed by atoms with Gasteiger partial charge in [-0.3, -0.25) is 9.59 Å². The second kappa shape index (κ2) is 23.4. The number of hydrogen-bond donors (Lipinski definition) is 5. The number of aromatic nitrogens is 6. The fourth-order valence-corrected chi connectivity index (χ4v) is 8.85. The van der Waals surface area contributed by atoms with Crippen molar-refractivity contribution in [1.29, 1.82) is 0 Å². The number of hydrogen-bond acceptors (Lipinski definition) is 18. The molecule has 0 aliphatic carbocycles. The molecule has 0 radical (unpaired) electrons. The number of pyridine rings is 2. The molecule has 2 aliphatic rings. The first-order valence-electron chi connectivity index (χ1n) is 24.3. The lowest BCUT2D eigenvalue weighted by Gasteiger charge is -2.33. The van der Waals surface area contributed by atoms with Gasteiger partial charge in [0, 0.05) is 61.5 Å². The quantitative estimate of drug-likeness (QED) is 0.0377. The Morgan fingerprint density at radius 2 is 1.21 bits per heavy atom. The van der Waals surface area contributed by atoms with Gasteiger partial charge in [0.2, 0.25) is 29.6 Å². The van der Waals surface area contributed by atoms with Crippen LogP contribution < -0.4 is 50.3 Å². The summed E-state index contributed by atoms with van der Waals surface area (Å²) < 4.78 is 104. The molecule has 4 aromatic heterocycles. The lowest BCUT2D eigenvalue weighted by Crippen LogP contribution is -2.52. The van der Waals surface area contributed by atoms with Gasteiger partial charge in [-0.2, -0.15) is 0 Å². The van der Waals surface area contributed by atoms with Gasteiger partial charge in [0.1, 0.15) is 11.0 Å². The summed E-state index contributed by atoms with van der Waals surface area (Å²) in [5, 5.41) is 16.4. The Morgan fingerprint density at radius 3 is 1.74 bits per heavy atom. The predicted octanol–water partition coefficient (Wildman–Crippen LogP) is 7.16. The Kier molecular flexibility index (Phi) is 16.7. The summed E-state index contributed by atoms with van der Waals surface area (Å²) >= 11 is 0. The Balaban J connectivity index is 1.06. The second-order valence-electron chi connectivity index (χ2n) is 18.8.